The van der Waals surface area contributed by atoms with Crippen LogP contribution in [0.4, 0.5) is 5.69 Å². The molecule has 0 spiro atoms. The lowest BCUT2D eigenvalue weighted by molar-refractivity contribution is 0.0692. The van der Waals surface area contributed by atoms with E-state index in [9.17, 15) is 9.59 Å². The Hall–Kier alpha value is -3.23. The molecule has 3 rings (SSSR count). The predicted octanol–water partition coefficient (Wildman–Crippen LogP) is 0.413. The fourth-order valence-electron chi connectivity index (χ4n) is 1.96. The first-order chi connectivity index (χ1) is 10.1. The second kappa shape index (κ2) is 4.71. The number of nitrogens with one attached hydrogen (secondary N) is 1. The van der Waals surface area contributed by atoms with Gasteiger partial charge in [-0.2, -0.15) is 10.2 Å². The van der Waals surface area contributed by atoms with E-state index in [-0.39, 0.29) is 11.3 Å². The fraction of sp³-hybridized carbons (Fsp3) is 0.0833. The van der Waals surface area contributed by atoms with Crippen molar-refractivity contribution in [3.63, 3.8) is 0 Å². The Morgan fingerprint density at radius 2 is 2.10 bits per heavy atom. The van der Waals surface area contributed by atoms with E-state index in [2.05, 4.69) is 20.5 Å². The number of aryl methyl sites for hydroxylation is 1. The highest BCUT2D eigenvalue weighted by atomic mass is 16.4. The Balaban J connectivity index is 1.97. The first-order valence-corrected chi connectivity index (χ1v) is 5.93. The number of fused-ring (bicyclic) bond motifs is 1. The van der Waals surface area contributed by atoms with Crippen LogP contribution < -0.4 is 5.32 Å². The van der Waals surface area contributed by atoms with Gasteiger partial charge in [0.2, 0.25) is 0 Å². The number of nitrogens with zero attached hydrogens (tertiary/aromatic N) is 5. The molecule has 0 aromatic carbocycles. The second-order valence-electron chi connectivity index (χ2n) is 4.24. The molecule has 2 N–H and O–H groups in total. The second-order valence-corrected chi connectivity index (χ2v) is 4.24. The summed E-state index contributed by atoms with van der Waals surface area (Å²) in [5.41, 5.74) is 0.639. The van der Waals surface area contributed by atoms with E-state index < -0.39 is 11.9 Å². The van der Waals surface area contributed by atoms with Crippen molar-refractivity contribution in [2.75, 3.05) is 5.32 Å². The highest BCUT2D eigenvalue weighted by Gasteiger charge is 2.22. The van der Waals surface area contributed by atoms with Gasteiger partial charge in [0.25, 0.3) is 5.91 Å². The molecule has 3 aromatic heterocycles. The van der Waals surface area contributed by atoms with Crippen LogP contribution in [0.15, 0.2) is 30.9 Å². The molecule has 0 aliphatic carbocycles. The zero-order valence-electron chi connectivity index (χ0n) is 10.9. The van der Waals surface area contributed by atoms with Crippen LogP contribution in [0.5, 0.6) is 0 Å². The molecule has 0 radical (unpaired) electrons. The summed E-state index contributed by atoms with van der Waals surface area (Å²) in [6.45, 7) is 0. The van der Waals surface area contributed by atoms with Crippen molar-refractivity contribution in [3.8, 4) is 0 Å². The van der Waals surface area contributed by atoms with E-state index in [1.165, 1.54) is 22.4 Å². The average molecular weight is 286 g/mol. The smallest absolute Gasteiger partial charge is 0.339 e. The van der Waals surface area contributed by atoms with Gasteiger partial charge in [-0.3, -0.25) is 9.48 Å². The van der Waals surface area contributed by atoms with Crippen LogP contribution in [-0.2, 0) is 7.05 Å². The number of amides is 1. The fourth-order valence-corrected chi connectivity index (χ4v) is 1.96. The molecular weight excluding hydrogens is 276 g/mol. The summed E-state index contributed by atoms with van der Waals surface area (Å²) in [5, 5.41) is 19.5. The van der Waals surface area contributed by atoms with Gasteiger partial charge in [0.1, 0.15) is 16.9 Å². The van der Waals surface area contributed by atoms with E-state index >= 15 is 0 Å². The highest BCUT2D eigenvalue weighted by Crippen LogP contribution is 2.16. The lowest BCUT2D eigenvalue weighted by Crippen LogP contribution is -2.19. The Bertz CT molecular complexity index is 850. The monoisotopic (exact) mass is 286 g/mol. The molecule has 9 heteroatoms. The van der Waals surface area contributed by atoms with Crippen LogP contribution in [0.3, 0.4) is 0 Å². The molecule has 0 atom stereocenters. The number of aromatic nitrogens is 5. The molecule has 1 amide bonds. The molecular formula is C12H10N6O3. The third kappa shape index (κ3) is 2.10. The third-order valence-electron chi connectivity index (χ3n) is 2.91. The van der Waals surface area contributed by atoms with Crippen LogP contribution >= 0.6 is 0 Å². The van der Waals surface area contributed by atoms with Crippen molar-refractivity contribution in [1.29, 1.82) is 0 Å². The zero-order valence-corrected chi connectivity index (χ0v) is 10.9. The number of anilines is 1. The van der Waals surface area contributed by atoms with Crippen LogP contribution in [0, 0.1) is 0 Å². The summed E-state index contributed by atoms with van der Waals surface area (Å²) >= 11 is 0. The molecule has 0 fully saturated rings. The lowest BCUT2D eigenvalue weighted by Gasteiger charge is -2.04. The first kappa shape index (κ1) is 12.8. The maximum absolute atomic E-state index is 12.3. The number of hydrogen-bond donors (Lipinski definition) is 2. The maximum Gasteiger partial charge on any atom is 0.339 e. The van der Waals surface area contributed by atoms with Gasteiger partial charge in [-0.25, -0.2) is 14.3 Å². The minimum absolute atomic E-state index is 0.0437. The Morgan fingerprint density at radius 3 is 2.86 bits per heavy atom. The summed E-state index contributed by atoms with van der Waals surface area (Å²) in [6.07, 6.45) is 5.83. The van der Waals surface area contributed by atoms with Crippen molar-refractivity contribution >= 4 is 23.2 Å². The Labute approximate surface area is 117 Å². The van der Waals surface area contributed by atoms with Crippen molar-refractivity contribution in [2.45, 2.75) is 0 Å². The van der Waals surface area contributed by atoms with Gasteiger partial charge in [0.05, 0.1) is 12.4 Å². The molecule has 0 saturated heterocycles. The number of carboxylic acids is 1. The molecule has 106 valence electrons. The molecule has 3 heterocycles. The van der Waals surface area contributed by atoms with Crippen molar-refractivity contribution in [2.24, 2.45) is 7.05 Å². The minimum Gasteiger partial charge on any atom is -0.478 e. The van der Waals surface area contributed by atoms with Crippen molar-refractivity contribution in [1.82, 2.24) is 24.4 Å². The standard InChI is InChI=1S/C12H10N6O3/c1-17-9(7(5-14-17)12(20)21)11(19)16-8-6-15-18-4-2-3-13-10(8)18/h2-6H,1H3,(H,16,19)(H,20,21). The summed E-state index contributed by atoms with van der Waals surface area (Å²) < 4.78 is 2.70. The minimum atomic E-state index is -1.22. The van der Waals surface area contributed by atoms with E-state index in [0.717, 1.165) is 6.20 Å². The number of hydrogen-bond acceptors (Lipinski definition) is 5. The van der Waals surface area contributed by atoms with E-state index in [1.54, 1.807) is 18.5 Å². The number of carbonyl (C=O) groups excluding carboxylic acids is 1. The van der Waals surface area contributed by atoms with Crippen LogP contribution in [-0.4, -0.2) is 41.4 Å². The number of rotatable bonds is 3. The van der Waals surface area contributed by atoms with Crippen LogP contribution in [0.25, 0.3) is 5.65 Å². The highest BCUT2D eigenvalue weighted by molar-refractivity contribution is 6.10. The number of carbonyl (C=O) groups is 2. The van der Waals surface area contributed by atoms with Gasteiger partial charge >= 0.3 is 5.97 Å². The van der Waals surface area contributed by atoms with Gasteiger partial charge in [-0.15, -0.1) is 0 Å². The van der Waals surface area contributed by atoms with Crippen molar-refractivity contribution < 1.29 is 14.7 Å². The Morgan fingerprint density at radius 1 is 1.29 bits per heavy atom. The van der Waals surface area contributed by atoms with Crippen LogP contribution in [0.1, 0.15) is 20.8 Å². The summed E-state index contributed by atoms with van der Waals surface area (Å²) in [6, 6.07) is 1.70. The SMILES string of the molecule is Cn1ncc(C(=O)O)c1C(=O)Nc1cnn2cccnc12. The van der Waals surface area contributed by atoms with Crippen molar-refractivity contribution in [3.05, 3.63) is 42.1 Å². The molecule has 21 heavy (non-hydrogen) atoms. The van der Waals surface area contributed by atoms with Gasteiger partial charge < -0.3 is 10.4 Å². The molecule has 0 unspecified atom stereocenters. The quantitative estimate of drug-likeness (QED) is 0.720. The van der Waals surface area contributed by atoms with Crippen LogP contribution in [0.2, 0.25) is 0 Å². The molecule has 0 aliphatic heterocycles. The van der Waals surface area contributed by atoms with E-state index in [1.807, 2.05) is 0 Å². The number of aromatic carboxylic acids is 1. The van der Waals surface area contributed by atoms with E-state index in [4.69, 9.17) is 5.11 Å². The maximum atomic E-state index is 12.3. The first-order valence-electron chi connectivity index (χ1n) is 5.93. The predicted molar refractivity (Wildman–Crippen MR) is 71.1 cm³/mol. The lowest BCUT2D eigenvalue weighted by atomic mass is 10.2. The topological polar surface area (TPSA) is 114 Å². The normalized spacial score (nSPS) is 10.7. The van der Waals surface area contributed by atoms with Gasteiger partial charge in [0.15, 0.2) is 5.65 Å². The van der Waals surface area contributed by atoms with Gasteiger partial charge in [-0.1, -0.05) is 0 Å². The number of carboxylic acid groups (broad SMARTS) is 1. The summed E-state index contributed by atoms with van der Waals surface area (Å²) in [4.78, 5) is 27.5. The summed E-state index contributed by atoms with van der Waals surface area (Å²) in [5.74, 6) is -1.81. The molecule has 0 saturated carbocycles. The Kier molecular flexibility index (Phi) is 2.87. The van der Waals surface area contributed by atoms with E-state index in [0.29, 0.717) is 11.3 Å². The molecule has 3 aromatic rings. The largest absolute Gasteiger partial charge is 0.478 e. The molecule has 9 nitrogen and oxygen atoms in total. The average Bonchev–Trinajstić information content (AvgIpc) is 3.03. The van der Waals surface area contributed by atoms with Gasteiger partial charge in [0, 0.05) is 19.4 Å². The molecule has 0 aliphatic rings. The molecule has 0 bridgehead atoms. The zero-order chi connectivity index (χ0) is 15.0. The van der Waals surface area contributed by atoms with Gasteiger partial charge in [-0.05, 0) is 6.07 Å². The third-order valence-corrected chi connectivity index (χ3v) is 2.91. The summed E-state index contributed by atoms with van der Waals surface area (Å²) in [7, 11) is 1.50.